The average Bonchev–Trinajstić information content (AvgIpc) is 2.72. The summed E-state index contributed by atoms with van der Waals surface area (Å²) < 4.78 is 76.2. The van der Waals surface area contributed by atoms with E-state index in [9.17, 15) is 26.4 Å². The van der Waals surface area contributed by atoms with E-state index in [0.717, 1.165) is 9.87 Å². The van der Waals surface area contributed by atoms with Crippen LogP contribution < -0.4 is 19.1 Å². The van der Waals surface area contributed by atoms with Crippen molar-refractivity contribution in [2.45, 2.75) is 31.0 Å². The molecule has 2 aromatic rings. The number of aryl methyl sites for hydroxylation is 1. The van der Waals surface area contributed by atoms with Gasteiger partial charge in [-0.3, -0.25) is 9.10 Å². The van der Waals surface area contributed by atoms with Gasteiger partial charge in [-0.15, -0.1) is 0 Å². The van der Waals surface area contributed by atoms with Crippen molar-refractivity contribution in [3.05, 3.63) is 48.0 Å². The van der Waals surface area contributed by atoms with Crippen molar-refractivity contribution in [1.29, 1.82) is 0 Å². The Hall–Kier alpha value is -2.95. The Balaban J connectivity index is 2.01. The zero-order valence-corrected chi connectivity index (χ0v) is 17.6. The molecule has 168 valence electrons. The minimum Gasteiger partial charge on any atom is -0.486 e. The molecule has 1 N–H and O–H groups in total. The topological polar surface area (TPSA) is 84.9 Å². The number of amides is 1. The van der Waals surface area contributed by atoms with Crippen LogP contribution in [0.3, 0.4) is 0 Å². The number of nitrogens with zero attached hydrogens (tertiary/aromatic N) is 1. The first-order chi connectivity index (χ1) is 14.5. The first kappa shape index (κ1) is 22.7. The summed E-state index contributed by atoms with van der Waals surface area (Å²) in [6, 6.07) is 8.79. The molecule has 1 unspecified atom stereocenters. The predicted molar refractivity (Wildman–Crippen MR) is 107 cm³/mol. The van der Waals surface area contributed by atoms with Gasteiger partial charge in [-0.05, 0) is 38.1 Å². The van der Waals surface area contributed by atoms with Crippen LogP contribution >= 0.6 is 0 Å². The van der Waals surface area contributed by atoms with Crippen molar-refractivity contribution >= 4 is 21.6 Å². The smallest absolute Gasteiger partial charge is 0.405 e. The highest BCUT2D eigenvalue weighted by molar-refractivity contribution is 7.93. The maximum atomic E-state index is 13.5. The van der Waals surface area contributed by atoms with Crippen LogP contribution in [0, 0.1) is 6.92 Å². The number of fused-ring (bicyclic) bond motifs is 1. The summed E-state index contributed by atoms with van der Waals surface area (Å²) in [4.78, 5) is 12.2. The van der Waals surface area contributed by atoms with Gasteiger partial charge in [-0.2, -0.15) is 13.2 Å². The number of carbonyl (C=O) groups excluding carboxylic acids is 1. The van der Waals surface area contributed by atoms with E-state index in [1.165, 1.54) is 37.3 Å². The largest absolute Gasteiger partial charge is 0.486 e. The summed E-state index contributed by atoms with van der Waals surface area (Å²) in [5.74, 6) is -0.479. The Labute approximate surface area is 177 Å². The molecule has 0 aliphatic carbocycles. The number of ether oxygens (including phenoxy) is 2. The van der Waals surface area contributed by atoms with Crippen LogP contribution in [0.25, 0.3) is 0 Å². The van der Waals surface area contributed by atoms with E-state index in [1.807, 2.05) is 0 Å². The maximum Gasteiger partial charge on any atom is 0.405 e. The van der Waals surface area contributed by atoms with E-state index in [2.05, 4.69) is 0 Å². The number of benzene rings is 2. The lowest BCUT2D eigenvalue weighted by Gasteiger charge is -2.30. The number of hydrogen-bond acceptors (Lipinski definition) is 5. The molecule has 0 radical (unpaired) electrons. The third-order valence-corrected chi connectivity index (χ3v) is 6.45. The Kier molecular flexibility index (Phi) is 6.35. The van der Waals surface area contributed by atoms with Gasteiger partial charge in [0, 0.05) is 6.07 Å². The number of rotatable bonds is 6. The summed E-state index contributed by atoms with van der Waals surface area (Å²) >= 11 is 0. The van der Waals surface area contributed by atoms with Crippen LogP contribution in [0.2, 0.25) is 0 Å². The fourth-order valence-corrected chi connectivity index (χ4v) is 4.64. The summed E-state index contributed by atoms with van der Waals surface area (Å²) in [6.45, 7) is 2.02. The van der Waals surface area contributed by atoms with E-state index >= 15 is 0 Å². The number of halogens is 3. The molecule has 0 spiro atoms. The fourth-order valence-electron chi connectivity index (χ4n) is 3.00. The molecule has 0 fully saturated rings. The molecule has 7 nitrogen and oxygen atoms in total. The number of carbonyl (C=O) groups is 1. The highest BCUT2D eigenvalue weighted by Crippen LogP contribution is 2.35. The Morgan fingerprint density at radius 1 is 1.10 bits per heavy atom. The second-order valence-corrected chi connectivity index (χ2v) is 8.77. The molecule has 31 heavy (non-hydrogen) atoms. The molecule has 1 aliphatic heterocycles. The molecule has 3 rings (SSSR count). The zero-order valence-electron chi connectivity index (χ0n) is 16.8. The van der Waals surface area contributed by atoms with E-state index in [4.69, 9.17) is 9.47 Å². The Morgan fingerprint density at radius 3 is 2.32 bits per heavy atom. The van der Waals surface area contributed by atoms with Crippen LogP contribution in [0.5, 0.6) is 11.5 Å². The molecule has 11 heteroatoms. The molecule has 1 amide bonds. The second kappa shape index (κ2) is 8.66. The normalized spacial score (nSPS) is 14.6. The van der Waals surface area contributed by atoms with Crippen molar-refractivity contribution in [1.82, 2.24) is 5.32 Å². The first-order valence-corrected chi connectivity index (χ1v) is 10.8. The third kappa shape index (κ3) is 5.22. The van der Waals surface area contributed by atoms with Gasteiger partial charge in [0.25, 0.3) is 10.0 Å². The van der Waals surface area contributed by atoms with Gasteiger partial charge in [0.05, 0.1) is 10.6 Å². The number of anilines is 1. The molecule has 0 aromatic heterocycles. The Morgan fingerprint density at radius 2 is 1.71 bits per heavy atom. The fraction of sp³-hybridized carbons (Fsp3) is 0.350. The van der Waals surface area contributed by atoms with Crippen LogP contribution in [-0.4, -0.2) is 46.3 Å². The number of sulfonamides is 1. The van der Waals surface area contributed by atoms with E-state index in [1.54, 1.807) is 24.4 Å². The summed E-state index contributed by atoms with van der Waals surface area (Å²) in [6.07, 6.45) is -4.63. The molecule has 1 atom stereocenters. The van der Waals surface area contributed by atoms with Crippen molar-refractivity contribution in [3.8, 4) is 11.5 Å². The summed E-state index contributed by atoms with van der Waals surface area (Å²) in [7, 11) is -4.34. The molecule has 1 aliphatic rings. The lowest BCUT2D eigenvalue weighted by atomic mass is 10.2. The molecule has 0 saturated heterocycles. The van der Waals surface area contributed by atoms with Gasteiger partial charge in [0.1, 0.15) is 25.8 Å². The van der Waals surface area contributed by atoms with Crippen LogP contribution in [0.4, 0.5) is 18.9 Å². The second-order valence-electron chi connectivity index (χ2n) is 6.95. The molecule has 1 heterocycles. The van der Waals surface area contributed by atoms with Gasteiger partial charge < -0.3 is 14.8 Å². The molecule has 0 bridgehead atoms. The molecule has 0 saturated carbocycles. The lowest BCUT2D eigenvalue weighted by Crippen LogP contribution is -2.49. The van der Waals surface area contributed by atoms with Crippen molar-refractivity contribution in [2.75, 3.05) is 24.1 Å². The van der Waals surface area contributed by atoms with Crippen LogP contribution in [-0.2, 0) is 14.8 Å². The monoisotopic (exact) mass is 458 g/mol. The van der Waals surface area contributed by atoms with Gasteiger partial charge in [0.2, 0.25) is 5.91 Å². The SMILES string of the molecule is Cc1ccc(N(C(C)C(=O)NCC(F)(F)F)S(=O)(=O)c2ccc3c(c2)OCCO3)cc1. The van der Waals surface area contributed by atoms with Gasteiger partial charge >= 0.3 is 6.18 Å². The number of alkyl halides is 3. The first-order valence-electron chi connectivity index (χ1n) is 9.34. The summed E-state index contributed by atoms with van der Waals surface area (Å²) in [5, 5.41) is 1.74. The summed E-state index contributed by atoms with van der Waals surface area (Å²) in [5.41, 5.74) is 0.977. The molecular weight excluding hydrogens is 437 g/mol. The predicted octanol–water partition coefficient (Wildman–Crippen LogP) is 3.03. The number of hydrogen-bond donors (Lipinski definition) is 1. The third-order valence-electron chi connectivity index (χ3n) is 4.55. The van der Waals surface area contributed by atoms with Crippen LogP contribution in [0.1, 0.15) is 12.5 Å². The van der Waals surface area contributed by atoms with Gasteiger partial charge in [-0.25, -0.2) is 8.42 Å². The lowest BCUT2D eigenvalue weighted by molar-refractivity contribution is -0.138. The quantitative estimate of drug-likeness (QED) is 0.720. The Bertz CT molecular complexity index is 1060. The van der Waals surface area contributed by atoms with E-state index in [-0.39, 0.29) is 22.9 Å². The van der Waals surface area contributed by atoms with Crippen LogP contribution in [0.15, 0.2) is 47.4 Å². The zero-order chi connectivity index (χ0) is 22.8. The highest BCUT2D eigenvalue weighted by Gasteiger charge is 2.36. The number of nitrogens with one attached hydrogen (secondary N) is 1. The van der Waals surface area contributed by atoms with Crippen molar-refractivity contribution < 1.29 is 35.9 Å². The minimum atomic E-state index is -4.63. The highest BCUT2D eigenvalue weighted by atomic mass is 32.2. The van der Waals surface area contributed by atoms with Gasteiger partial charge in [-0.1, -0.05) is 17.7 Å². The molecule has 2 aromatic carbocycles. The van der Waals surface area contributed by atoms with Crippen molar-refractivity contribution in [2.24, 2.45) is 0 Å². The maximum absolute atomic E-state index is 13.5. The van der Waals surface area contributed by atoms with E-state index < -0.39 is 34.7 Å². The minimum absolute atomic E-state index is 0.134. The standard InChI is InChI=1S/C20H21F3N2O5S/c1-13-3-5-15(6-4-13)25(14(2)19(26)24-12-20(21,22)23)31(27,28)16-7-8-17-18(11-16)30-10-9-29-17/h3-8,11,14H,9-10,12H2,1-2H3,(H,24,26). The average molecular weight is 458 g/mol. The van der Waals surface area contributed by atoms with Crippen molar-refractivity contribution in [3.63, 3.8) is 0 Å². The molecular formula is C20H21F3N2O5S. The van der Waals surface area contributed by atoms with Gasteiger partial charge in [0.15, 0.2) is 11.5 Å². The van der Waals surface area contributed by atoms with E-state index in [0.29, 0.717) is 12.4 Å².